The Morgan fingerprint density at radius 1 is 0.750 bits per heavy atom. The molecule has 2 saturated heterocycles. The Hall–Kier alpha value is -5.52. The number of imidazole rings is 2. The number of aromatic nitrogens is 6. The standard InChI is InChI=1S/C40H47N9O3/c1-25(2)34(47-38-41-19-8-20-42-38)37(50)48-21-6-9-32(48)35-43-23-30(45-35)28-15-11-26(12-16-28)27-13-17-29(18-14-27)31-24-44-36(46-31)33-10-7-22-49(33)39(51)52-40(3,4)5/h8,11-20,23-25,32-34H,6-7,9-10,21-22H2,1-5H3,(H,43,45)(H,44,46)(H,41,42,47)/t32-,33?,34+/m0/s1. The minimum absolute atomic E-state index is 0.0323. The van der Waals surface area contributed by atoms with Crippen molar-refractivity contribution in [3.05, 3.63) is 91.0 Å². The van der Waals surface area contributed by atoms with Crippen LogP contribution in [0.4, 0.5) is 10.7 Å². The first-order valence-electron chi connectivity index (χ1n) is 18.2. The molecule has 1 unspecified atom stereocenters. The van der Waals surface area contributed by atoms with E-state index >= 15 is 0 Å². The predicted octanol–water partition coefficient (Wildman–Crippen LogP) is 7.80. The molecule has 0 bridgehead atoms. The summed E-state index contributed by atoms with van der Waals surface area (Å²) in [4.78, 5) is 55.2. The summed E-state index contributed by atoms with van der Waals surface area (Å²) in [7, 11) is 0. The molecule has 7 rings (SSSR count). The van der Waals surface area contributed by atoms with Crippen LogP contribution in [0.2, 0.25) is 0 Å². The normalized spacial score (nSPS) is 18.2. The zero-order valence-electron chi connectivity index (χ0n) is 30.5. The minimum Gasteiger partial charge on any atom is -0.444 e. The van der Waals surface area contributed by atoms with E-state index in [1.54, 1.807) is 23.4 Å². The Kier molecular flexibility index (Phi) is 9.81. The van der Waals surface area contributed by atoms with Crippen LogP contribution in [0.3, 0.4) is 0 Å². The first-order chi connectivity index (χ1) is 25.0. The maximum absolute atomic E-state index is 13.8. The SMILES string of the molecule is CC(C)[C@@H](Nc1ncccn1)C(=O)N1CCC[C@H]1c1ncc(-c2ccc(-c3ccc(-c4cnc(C5CCCN5C(=O)OC(C)(C)C)[nH]4)cc3)cc2)[nH]1. The molecule has 12 nitrogen and oxygen atoms in total. The van der Waals surface area contributed by atoms with E-state index in [2.05, 4.69) is 78.8 Å². The fourth-order valence-corrected chi connectivity index (χ4v) is 7.10. The van der Waals surface area contributed by atoms with Gasteiger partial charge in [-0.25, -0.2) is 24.7 Å². The molecular weight excluding hydrogens is 654 g/mol. The van der Waals surface area contributed by atoms with Gasteiger partial charge in [-0.1, -0.05) is 62.4 Å². The van der Waals surface area contributed by atoms with Crippen molar-refractivity contribution in [2.24, 2.45) is 5.92 Å². The van der Waals surface area contributed by atoms with Crippen molar-refractivity contribution in [2.45, 2.75) is 84.0 Å². The second-order valence-electron chi connectivity index (χ2n) is 15.0. The summed E-state index contributed by atoms with van der Waals surface area (Å²) in [6.07, 6.45) is 10.3. The molecule has 0 spiro atoms. The van der Waals surface area contributed by atoms with Gasteiger partial charge in [0.25, 0.3) is 0 Å². The van der Waals surface area contributed by atoms with Gasteiger partial charge in [-0.05, 0) is 80.7 Å². The number of benzene rings is 2. The number of anilines is 1. The molecule has 0 radical (unpaired) electrons. The molecule has 0 saturated carbocycles. The van der Waals surface area contributed by atoms with Crippen molar-refractivity contribution in [1.82, 2.24) is 39.7 Å². The Morgan fingerprint density at radius 3 is 1.73 bits per heavy atom. The van der Waals surface area contributed by atoms with Gasteiger partial charge >= 0.3 is 6.09 Å². The second-order valence-corrected chi connectivity index (χ2v) is 15.0. The molecule has 3 atom stereocenters. The lowest BCUT2D eigenvalue weighted by Gasteiger charge is -2.30. The largest absolute Gasteiger partial charge is 0.444 e. The Morgan fingerprint density at radius 2 is 1.23 bits per heavy atom. The molecule has 12 heteroatoms. The summed E-state index contributed by atoms with van der Waals surface area (Å²) >= 11 is 0. The third-order valence-corrected chi connectivity index (χ3v) is 9.75. The highest BCUT2D eigenvalue weighted by molar-refractivity contribution is 5.85. The summed E-state index contributed by atoms with van der Waals surface area (Å²) in [5, 5.41) is 3.25. The number of aromatic amines is 2. The van der Waals surface area contributed by atoms with Gasteiger partial charge in [0.05, 0.1) is 35.9 Å². The third-order valence-electron chi connectivity index (χ3n) is 9.75. The molecule has 3 aromatic heterocycles. The first-order valence-corrected chi connectivity index (χ1v) is 18.2. The molecule has 5 heterocycles. The quantitative estimate of drug-likeness (QED) is 0.141. The maximum Gasteiger partial charge on any atom is 0.410 e. The maximum atomic E-state index is 13.8. The van der Waals surface area contributed by atoms with Gasteiger partial charge in [0.2, 0.25) is 11.9 Å². The smallest absolute Gasteiger partial charge is 0.410 e. The van der Waals surface area contributed by atoms with Crippen LogP contribution in [0.1, 0.15) is 84.0 Å². The van der Waals surface area contributed by atoms with E-state index in [4.69, 9.17) is 9.72 Å². The fourth-order valence-electron chi connectivity index (χ4n) is 7.10. The van der Waals surface area contributed by atoms with Crippen LogP contribution in [-0.2, 0) is 9.53 Å². The van der Waals surface area contributed by atoms with Crippen molar-refractivity contribution in [1.29, 1.82) is 0 Å². The van der Waals surface area contributed by atoms with Gasteiger partial charge in [-0.3, -0.25) is 9.69 Å². The number of nitrogens with zero attached hydrogens (tertiary/aromatic N) is 6. The number of carbonyl (C=O) groups excluding carboxylic acids is 2. The molecule has 2 fully saturated rings. The van der Waals surface area contributed by atoms with E-state index < -0.39 is 11.6 Å². The summed E-state index contributed by atoms with van der Waals surface area (Å²) in [6, 6.07) is 17.9. The van der Waals surface area contributed by atoms with E-state index in [1.165, 1.54) is 0 Å². The minimum atomic E-state index is -0.542. The van der Waals surface area contributed by atoms with Crippen LogP contribution < -0.4 is 5.32 Å². The fraction of sp³-hybridized carbons (Fsp3) is 0.400. The molecule has 2 amide bonds. The highest BCUT2D eigenvalue weighted by Crippen LogP contribution is 2.35. The predicted molar refractivity (Wildman–Crippen MR) is 200 cm³/mol. The van der Waals surface area contributed by atoms with Crippen molar-refractivity contribution in [2.75, 3.05) is 18.4 Å². The molecule has 0 aliphatic carbocycles. The van der Waals surface area contributed by atoms with Gasteiger partial charge in [-0.2, -0.15) is 0 Å². The van der Waals surface area contributed by atoms with E-state index in [0.29, 0.717) is 19.0 Å². The number of rotatable bonds is 9. The topological polar surface area (TPSA) is 145 Å². The third kappa shape index (κ3) is 7.56. The Balaban J connectivity index is 1.00. The Bertz CT molecular complexity index is 1980. The van der Waals surface area contributed by atoms with Gasteiger partial charge in [0.1, 0.15) is 23.3 Å². The number of hydrogen-bond acceptors (Lipinski definition) is 8. The van der Waals surface area contributed by atoms with E-state index in [0.717, 1.165) is 71.0 Å². The van der Waals surface area contributed by atoms with Gasteiger partial charge in [0.15, 0.2) is 0 Å². The lowest BCUT2D eigenvalue weighted by Crippen LogP contribution is -2.45. The molecule has 270 valence electrons. The van der Waals surface area contributed by atoms with Crippen molar-refractivity contribution in [3.8, 4) is 33.6 Å². The molecule has 52 heavy (non-hydrogen) atoms. The number of ether oxygens (including phenoxy) is 1. The van der Waals surface area contributed by atoms with Crippen LogP contribution in [0, 0.1) is 5.92 Å². The van der Waals surface area contributed by atoms with Crippen LogP contribution in [0.25, 0.3) is 33.6 Å². The van der Waals surface area contributed by atoms with Crippen LogP contribution in [-0.4, -0.2) is 76.4 Å². The average Bonchev–Trinajstić information content (AvgIpc) is 3.97. The number of H-pyrrole nitrogens is 2. The van der Waals surface area contributed by atoms with E-state index in [9.17, 15) is 9.59 Å². The molecule has 2 aliphatic heterocycles. The van der Waals surface area contributed by atoms with E-state index in [1.807, 2.05) is 51.9 Å². The molecule has 3 N–H and O–H groups in total. The molecule has 2 aromatic carbocycles. The zero-order chi connectivity index (χ0) is 36.4. The number of likely N-dealkylation sites (tertiary alicyclic amines) is 2. The van der Waals surface area contributed by atoms with Crippen molar-refractivity contribution in [3.63, 3.8) is 0 Å². The monoisotopic (exact) mass is 701 g/mol. The number of amides is 2. The average molecular weight is 702 g/mol. The lowest BCUT2D eigenvalue weighted by molar-refractivity contribution is -0.134. The molecule has 2 aliphatic rings. The number of carbonyl (C=O) groups is 2. The highest BCUT2D eigenvalue weighted by atomic mass is 16.6. The Labute approximate surface area is 304 Å². The summed E-state index contributed by atoms with van der Waals surface area (Å²) in [5.74, 6) is 2.11. The zero-order valence-corrected chi connectivity index (χ0v) is 30.5. The first kappa shape index (κ1) is 34.9. The van der Waals surface area contributed by atoms with Gasteiger partial charge < -0.3 is 24.9 Å². The number of hydrogen-bond donors (Lipinski definition) is 3. The highest BCUT2D eigenvalue weighted by Gasteiger charge is 2.37. The van der Waals surface area contributed by atoms with Gasteiger partial charge in [0, 0.05) is 25.5 Å². The van der Waals surface area contributed by atoms with Crippen LogP contribution in [0.15, 0.2) is 79.4 Å². The van der Waals surface area contributed by atoms with Gasteiger partial charge in [-0.15, -0.1) is 0 Å². The summed E-state index contributed by atoms with van der Waals surface area (Å²) in [5.41, 5.74) is 5.52. The van der Waals surface area contributed by atoms with Crippen molar-refractivity contribution < 1.29 is 14.3 Å². The van der Waals surface area contributed by atoms with E-state index in [-0.39, 0.29) is 30.0 Å². The summed E-state index contributed by atoms with van der Waals surface area (Å²) in [6.45, 7) is 11.1. The second kappa shape index (κ2) is 14.6. The van der Waals surface area contributed by atoms with Crippen LogP contribution in [0.5, 0.6) is 0 Å². The molecule has 5 aromatic rings. The summed E-state index contributed by atoms with van der Waals surface area (Å²) < 4.78 is 5.64. The number of nitrogens with one attached hydrogen (secondary N) is 3. The molecular formula is C40H47N9O3. The van der Waals surface area contributed by atoms with Crippen molar-refractivity contribution >= 4 is 17.9 Å². The van der Waals surface area contributed by atoms with Crippen LogP contribution >= 0.6 is 0 Å². The lowest BCUT2D eigenvalue weighted by atomic mass is 10.0.